The third-order valence-corrected chi connectivity index (χ3v) is 2.68. The molecule has 1 fully saturated rings. The maximum atomic E-state index is 11.2. The van der Waals surface area contributed by atoms with Gasteiger partial charge < -0.3 is 5.73 Å². The summed E-state index contributed by atoms with van der Waals surface area (Å²) in [6, 6.07) is -0.0361. The molecule has 2 unspecified atom stereocenters. The monoisotopic (exact) mass is 151 g/mol. The third kappa shape index (κ3) is 1.17. The van der Waals surface area contributed by atoms with Crippen molar-refractivity contribution in [2.24, 2.45) is 11.1 Å². The number of terminal acetylenes is 1. The van der Waals surface area contributed by atoms with Crippen LogP contribution < -0.4 is 5.73 Å². The van der Waals surface area contributed by atoms with Crippen LogP contribution in [0.4, 0.5) is 0 Å². The number of hydrogen-bond donors (Lipinski definition) is 1. The summed E-state index contributed by atoms with van der Waals surface area (Å²) in [7, 11) is 0. The summed E-state index contributed by atoms with van der Waals surface area (Å²) in [6.07, 6.45) is 7.83. The molecule has 1 saturated carbocycles. The standard InChI is InChI=1S/C9H13NO/c1-3-8(11)9(2)6-4-5-7(9)10/h1,7H,4-6,10H2,2H3. The lowest BCUT2D eigenvalue weighted by molar-refractivity contribution is -0.122. The van der Waals surface area contributed by atoms with E-state index in [0.717, 1.165) is 19.3 Å². The molecular formula is C9H13NO. The first-order valence-corrected chi connectivity index (χ1v) is 3.88. The second-order valence-electron chi connectivity index (χ2n) is 3.39. The fraction of sp³-hybridized carbons (Fsp3) is 0.667. The normalized spacial score (nSPS) is 36.6. The molecular weight excluding hydrogens is 138 g/mol. The molecule has 0 amide bonds. The Hall–Kier alpha value is -0.810. The molecule has 1 aliphatic rings. The third-order valence-electron chi connectivity index (χ3n) is 2.68. The molecule has 1 aliphatic carbocycles. The Labute approximate surface area is 67.2 Å². The Balaban J connectivity index is 2.82. The molecule has 2 atom stereocenters. The van der Waals surface area contributed by atoms with Crippen molar-refractivity contribution < 1.29 is 4.79 Å². The summed E-state index contributed by atoms with van der Waals surface area (Å²) in [5.74, 6) is 2.02. The van der Waals surface area contributed by atoms with Gasteiger partial charge in [-0.3, -0.25) is 4.79 Å². The summed E-state index contributed by atoms with van der Waals surface area (Å²) in [6.45, 7) is 1.87. The Morgan fingerprint density at radius 1 is 1.82 bits per heavy atom. The molecule has 0 radical (unpaired) electrons. The number of Topliss-reactive ketones (excluding diaryl/α,β-unsaturated/α-hetero) is 1. The number of carbonyl (C=O) groups is 1. The van der Waals surface area contributed by atoms with Gasteiger partial charge in [0.15, 0.2) is 0 Å². The van der Waals surface area contributed by atoms with Crippen LogP contribution in [0.5, 0.6) is 0 Å². The minimum atomic E-state index is -0.436. The Morgan fingerprint density at radius 2 is 2.45 bits per heavy atom. The molecule has 2 heteroatoms. The van der Waals surface area contributed by atoms with E-state index in [9.17, 15) is 4.79 Å². The van der Waals surface area contributed by atoms with Gasteiger partial charge in [-0.1, -0.05) is 13.3 Å². The van der Waals surface area contributed by atoms with Gasteiger partial charge in [0.2, 0.25) is 5.78 Å². The number of hydrogen-bond acceptors (Lipinski definition) is 2. The molecule has 0 aliphatic heterocycles. The predicted molar refractivity (Wildman–Crippen MR) is 43.8 cm³/mol. The van der Waals surface area contributed by atoms with Crippen LogP contribution in [0.1, 0.15) is 26.2 Å². The lowest BCUT2D eigenvalue weighted by Gasteiger charge is -2.24. The van der Waals surface area contributed by atoms with Gasteiger partial charge in [0, 0.05) is 6.04 Å². The van der Waals surface area contributed by atoms with Crippen molar-refractivity contribution >= 4 is 5.78 Å². The fourth-order valence-electron chi connectivity index (χ4n) is 1.64. The molecule has 2 N–H and O–H groups in total. The quantitative estimate of drug-likeness (QED) is 0.443. The summed E-state index contributed by atoms with van der Waals surface area (Å²) < 4.78 is 0. The van der Waals surface area contributed by atoms with Crippen LogP contribution >= 0.6 is 0 Å². The average Bonchev–Trinajstić information content (AvgIpc) is 2.32. The van der Waals surface area contributed by atoms with Gasteiger partial charge in [0.1, 0.15) is 0 Å². The first-order valence-electron chi connectivity index (χ1n) is 3.88. The highest BCUT2D eigenvalue weighted by atomic mass is 16.1. The van der Waals surface area contributed by atoms with E-state index in [1.165, 1.54) is 0 Å². The van der Waals surface area contributed by atoms with Gasteiger partial charge in [0.05, 0.1) is 5.41 Å². The van der Waals surface area contributed by atoms with Gasteiger partial charge in [-0.15, -0.1) is 6.42 Å². The van der Waals surface area contributed by atoms with Crippen LogP contribution in [0.25, 0.3) is 0 Å². The fourth-order valence-corrected chi connectivity index (χ4v) is 1.64. The van der Waals surface area contributed by atoms with E-state index in [1.54, 1.807) is 0 Å². The predicted octanol–water partition coefficient (Wildman–Crippen LogP) is 0.706. The van der Waals surface area contributed by atoms with Gasteiger partial charge in [-0.2, -0.15) is 0 Å². The molecule has 0 aromatic carbocycles. The minimum Gasteiger partial charge on any atom is -0.327 e. The van der Waals surface area contributed by atoms with E-state index < -0.39 is 5.41 Å². The Kier molecular flexibility index (Phi) is 2.01. The molecule has 0 spiro atoms. The number of nitrogens with two attached hydrogens (primary N) is 1. The molecule has 0 bridgehead atoms. The molecule has 60 valence electrons. The maximum Gasteiger partial charge on any atom is 0.212 e. The van der Waals surface area contributed by atoms with Crippen molar-refractivity contribution in [1.29, 1.82) is 0 Å². The summed E-state index contributed by atoms with van der Waals surface area (Å²) in [4.78, 5) is 11.2. The van der Waals surface area contributed by atoms with Crippen LogP contribution in [-0.4, -0.2) is 11.8 Å². The van der Waals surface area contributed by atoms with Crippen molar-refractivity contribution in [1.82, 2.24) is 0 Å². The van der Waals surface area contributed by atoms with Crippen molar-refractivity contribution in [2.45, 2.75) is 32.2 Å². The van der Waals surface area contributed by atoms with Crippen LogP contribution in [0.3, 0.4) is 0 Å². The molecule has 0 aromatic rings. The summed E-state index contributed by atoms with van der Waals surface area (Å²) in [5.41, 5.74) is 5.34. The van der Waals surface area contributed by atoms with Crippen LogP contribution in [0.2, 0.25) is 0 Å². The van der Waals surface area contributed by atoms with Gasteiger partial charge in [0.25, 0.3) is 0 Å². The molecule has 0 aromatic heterocycles. The van der Waals surface area contributed by atoms with Crippen LogP contribution in [0, 0.1) is 17.8 Å². The van der Waals surface area contributed by atoms with Crippen molar-refractivity contribution in [3.05, 3.63) is 0 Å². The zero-order valence-corrected chi connectivity index (χ0v) is 6.76. The highest BCUT2D eigenvalue weighted by molar-refractivity contribution is 6.00. The highest BCUT2D eigenvalue weighted by Gasteiger charge is 2.41. The van der Waals surface area contributed by atoms with E-state index in [2.05, 4.69) is 5.92 Å². The largest absolute Gasteiger partial charge is 0.327 e. The second-order valence-corrected chi connectivity index (χ2v) is 3.39. The van der Waals surface area contributed by atoms with Crippen LogP contribution in [-0.2, 0) is 4.79 Å². The van der Waals surface area contributed by atoms with Crippen molar-refractivity contribution in [3.8, 4) is 12.3 Å². The van der Waals surface area contributed by atoms with E-state index in [4.69, 9.17) is 12.2 Å². The number of carbonyl (C=O) groups excluding carboxylic acids is 1. The van der Waals surface area contributed by atoms with Crippen molar-refractivity contribution in [3.63, 3.8) is 0 Å². The lowest BCUT2D eigenvalue weighted by atomic mass is 9.81. The van der Waals surface area contributed by atoms with E-state index in [1.807, 2.05) is 6.92 Å². The maximum absolute atomic E-state index is 11.2. The first kappa shape index (κ1) is 8.29. The lowest BCUT2D eigenvalue weighted by Crippen LogP contribution is -2.40. The van der Waals surface area contributed by atoms with E-state index in [0.29, 0.717) is 0 Å². The van der Waals surface area contributed by atoms with Gasteiger partial charge in [-0.25, -0.2) is 0 Å². The van der Waals surface area contributed by atoms with Gasteiger partial charge in [-0.05, 0) is 18.8 Å². The summed E-state index contributed by atoms with van der Waals surface area (Å²) in [5, 5.41) is 0. The zero-order chi connectivity index (χ0) is 8.48. The molecule has 2 nitrogen and oxygen atoms in total. The molecule has 0 heterocycles. The Bertz CT molecular complexity index is 216. The average molecular weight is 151 g/mol. The zero-order valence-electron chi connectivity index (χ0n) is 6.76. The summed E-state index contributed by atoms with van der Waals surface area (Å²) >= 11 is 0. The smallest absolute Gasteiger partial charge is 0.212 e. The number of ketones is 1. The molecule has 11 heavy (non-hydrogen) atoms. The van der Waals surface area contributed by atoms with Gasteiger partial charge >= 0.3 is 0 Å². The second kappa shape index (κ2) is 2.67. The Morgan fingerprint density at radius 3 is 2.82 bits per heavy atom. The SMILES string of the molecule is C#CC(=O)C1(C)CCCC1N. The topological polar surface area (TPSA) is 43.1 Å². The first-order chi connectivity index (χ1) is 5.11. The minimum absolute atomic E-state index is 0.0361. The molecule has 1 rings (SSSR count). The van der Waals surface area contributed by atoms with Crippen molar-refractivity contribution in [2.75, 3.05) is 0 Å². The van der Waals surface area contributed by atoms with Crippen LogP contribution in [0.15, 0.2) is 0 Å². The highest BCUT2D eigenvalue weighted by Crippen LogP contribution is 2.37. The number of rotatable bonds is 1. The van der Waals surface area contributed by atoms with E-state index in [-0.39, 0.29) is 11.8 Å². The molecule has 0 saturated heterocycles. The van der Waals surface area contributed by atoms with E-state index >= 15 is 0 Å².